The second kappa shape index (κ2) is 10.5. The van der Waals surface area contributed by atoms with Gasteiger partial charge in [0, 0.05) is 5.69 Å². The number of halogens is 2. The minimum Gasteiger partial charge on any atom is -0.490 e. The lowest BCUT2D eigenvalue weighted by atomic mass is 10.1. The number of carbonyl (C=O) groups excluding carboxylic acids is 3. The Morgan fingerprint density at radius 3 is 2.50 bits per heavy atom. The number of rotatable bonds is 8. The van der Waals surface area contributed by atoms with Crippen molar-refractivity contribution in [2.75, 3.05) is 25.1 Å². The zero-order chi connectivity index (χ0) is 23.3. The van der Waals surface area contributed by atoms with Gasteiger partial charge in [0.1, 0.15) is 12.4 Å². The summed E-state index contributed by atoms with van der Waals surface area (Å²) in [7, 11) is 0. The number of hydrogen-bond donors (Lipinski definition) is 1. The molecule has 2 aromatic rings. The zero-order valence-corrected chi connectivity index (χ0v) is 18.9. The Morgan fingerprint density at radius 2 is 1.84 bits per heavy atom. The van der Waals surface area contributed by atoms with Crippen LogP contribution in [0.3, 0.4) is 0 Å². The highest BCUT2D eigenvalue weighted by Gasteiger charge is 2.36. The Hall–Kier alpha value is -3.04. The van der Waals surface area contributed by atoms with Gasteiger partial charge in [-0.05, 0) is 73.6 Å². The van der Waals surface area contributed by atoms with Crippen LogP contribution in [0.5, 0.6) is 11.5 Å². The molecule has 168 valence electrons. The van der Waals surface area contributed by atoms with Gasteiger partial charge in [-0.3, -0.25) is 19.3 Å². The molecular weight excluding hydrogens is 459 g/mol. The second-order valence-electron chi connectivity index (χ2n) is 6.52. The summed E-state index contributed by atoms with van der Waals surface area (Å²) < 4.78 is 24.1. The third-order valence-corrected chi connectivity index (χ3v) is 5.41. The highest BCUT2D eigenvalue weighted by atomic mass is 35.5. The van der Waals surface area contributed by atoms with Gasteiger partial charge in [-0.2, -0.15) is 0 Å². The first kappa shape index (κ1) is 23.6. The molecule has 1 fully saturated rings. The molecule has 0 saturated carbocycles. The van der Waals surface area contributed by atoms with Gasteiger partial charge >= 0.3 is 0 Å². The Labute approximate surface area is 193 Å². The van der Waals surface area contributed by atoms with Crippen LogP contribution in [0.4, 0.5) is 14.9 Å². The first-order chi connectivity index (χ1) is 15.3. The normalized spacial score (nSPS) is 14.8. The third-order valence-electron chi connectivity index (χ3n) is 4.22. The number of amides is 3. The van der Waals surface area contributed by atoms with E-state index in [1.165, 1.54) is 30.3 Å². The maximum absolute atomic E-state index is 13.0. The third kappa shape index (κ3) is 5.60. The van der Waals surface area contributed by atoms with Crippen LogP contribution in [-0.2, 0) is 9.59 Å². The van der Waals surface area contributed by atoms with Crippen molar-refractivity contribution in [3.05, 3.63) is 57.7 Å². The standard InChI is InChI=1S/C22H20ClFN2O5S/c1-3-30-17-10-13(9-16(23)20(17)31-4-2)11-18-21(28)26(22(29)32-18)12-19(27)25-15-7-5-14(24)6-8-15/h5-11H,3-4,12H2,1-2H3,(H,25,27)/b18-11-. The lowest BCUT2D eigenvalue weighted by Crippen LogP contribution is -2.36. The molecule has 1 saturated heterocycles. The first-order valence-electron chi connectivity index (χ1n) is 9.72. The van der Waals surface area contributed by atoms with Gasteiger partial charge in [-0.15, -0.1) is 0 Å². The molecule has 2 aromatic carbocycles. The molecule has 1 N–H and O–H groups in total. The van der Waals surface area contributed by atoms with E-state index in [0.717, 1.165) is 16.7 Å². The van der Waals surface area contributed by atoms with E-state index in [1.807, 2.05) is 13.8 Å². The summed E-state index contributed by atoms with van der Waals surface area (Å²) in [5.74, 6) is -0.800. The molecule has 0 radical (unpaired) electrons. The summed E-state index contributed by atoms with van der Waals surface area (Å²) in [6.07, 6.45) is 1.51. The van der Waals surface area contributed by atoms with Crippen LogP contribution >= 0.6 is 23.4 Å². The number of thioether (sulfide) groups is 1. The average molecular weight is 479 g/mol. The van der Waals surface area contributed by atoms with Crippen LogP contribution in [0.2, 0.25) is 5.02 Å². The van der Waals surface area contributed by atoms with E-state index in [9.17, 15) is 18.8 Å². The number of benzene rings is 2. The molecule has 7 nitrogen and oxygen atoms in total. The van der Waals surface area contributed by atoms with Crippen LogP contribution in [0.1, 0.15) is 19.4 Å². The largest absolute Gasteiger partial charge is 0.490 e. The van der Waals surface area contributed by atoms with Crippen LogP contribution in [0.15, 0.2) is 41.3 Å². The molecule has 1 heterocycles. The number of ether oxygens (including phenoxy) is 2. The summed E-state index contributed by atoms with van der Waals surface area (Å²) in [4.78, 5) is 38.3. The van der Waals surface area contributed by atoms with E-state index >= 15 is 0 Å². The van der Waals surface area contributed by atoms with Gasteiger partial charge < -0.3 is 14.8 Å². The fraction of sp³-hybridized carbons (Fsp3) is 0.227. The predicted octanol–water partition coefficient (Wildman–Crippen LogP) is 4.95. The molecule has 0 spiro atoms. The number of hydrogen-bond acceptors (Lipinski definition) is 6. The molecule has 10 heteroatoms. The highest BCUT2D eigenvalue weighted by molar-refractivity contribution is 8.18. The van der Waals surface area contributed by atoms with E-state index in [4.69, 9.17) is 21.1 Å². The summed E-state index contributed by atoms with van der Waals surface area (Å²) in [6, 6.07) is 8.41. The SMILES string of the molecule is CCOc1cc(/C=C2\SC(=O)N(CC(=O)Nc3ccc(F)cc3)C2=O)cc(Cl)c1OCC. The minimum atomic E-state index is -0.600. The van der Waals surface area contributed by atoms with E-state index in [0.29, 0.717) is 41.0 Å². The van der Waals surface area contributed by atoms with Crippen molar-refractivity contribution in [3.8, 4) is 11.5 Å². The van der Waals surface area contributed by atoms with E-state index in [2.05, 4.69) is 5.32 Å². The molecule has 0 atom stereocenters. The number of anilines is 1. The molecule has 1 aliphatic rings. The monoisotopic (exact) mass is 478 g/mol. The first-order valence-corrected chi connectivity index (χ1v) is 10.9. The smallest absolute Gasteiger partial charge is 0.294 e. The molecule has 3 rings (SSSR count). The van der Waals surface area contributed by atoms with Gasteiger partial charge in [0.15, 0.2) is 11.5 Å². The maximum atomic E-state index is 13.0. The fourth-order valence-corrected chi connectivity index (χ4v) is 4.00. The van der Waals surface area contributed by atoms with Crippen molar-refractivity contribution < 1.29 is 28.2 Å². The summed E-state index contributed by atoms with van der Waals surface area (Å²) in [5, 5.41) is 2.26. The van der Waals surface area contributed by atoms with Crippen molar-refractivity contribution in [3.63, 3.8) is 0 Å². The van der Waals surface area contributed by atoms with Crippen LogP contribution in [0.25, 0.3) is 6.08 Å². The molecule has 0 unspecified atom stereocenters. The van der Waals surface area contributed by atoms with Crippen molar-refractivity contribution in [2.24, 2.45) is 0 Å². The second-order valence-corrected chi connectivity index (χ2v) is 7.92. The minimum absolute atomic E-state index is 0.146. The average Bonchev–Trinajstić information content (AvgIpc) is 3.00. The van der Waals surface area contributed by atoms with E-state index in [1.54, 1.807) is 12.1 Å². The molecule has 0 bridgehead atoms. The van der Waals surface area contributed by atoms with Gasteiger partial charge in [-0.25, -0.2) is 4.39 Å². The van der Waals surface area contributed by atoms with Gasteiger partial charge in [0.25, 0.3) is 11.1 Å². The van der Waals surface area contributed by atoms with E-state index < -0.39 is 29.4 Å². The Kier molecular flexibility index (Phi) is 7.76. The van der Waals surface area contributed by atoms with Crippen molar-refractivity contribution in [2.45, 2.75) is 13.8 Å². The van der Waals surface area contributed by atoms with Gasteiger partial charge in [0.2, 0.25) is 5.91 Å². The number of nitrogens with one attached hydrogen (secondary N) is 1. The molecule has 1 aliphatic heterocycles. The molecular formula is C22H20ClFN2O5S. The molecule has 0 aliphatic carbocycles. The summed E-state index contributed by atoms with van der Waals surface area (Å²) in [5.41, 5.74) is 0.898. The predicted molar refractivity (Wildman–Crippen MR) is 121 cm³/mol. The topological polar surface area (TPSA) is 84.9 Å². The van der Waals surface area contributed by atoms with Crippen LogP contribution in [0, 0.1) is 5.82 Å². The summed E-state index contributed by atoms with van der Waals surface area (Å²) >= 11 is 7.02. The van der Waals surface area contributed by atoms with Crippen molar-refractivity contribution in [1.82, 2.24) is 4.90 Å². The summed E-state index contributed by atoms with van der Waals surface area (Å²) in [6.45, 7) is 3.96. The van der Waals surface area contributed by atoms with Crippen LogP contribution < -0.4 is 14.8 Å². The number of nitrogens with zero attached hydrogens (tertiary/aromatic N) is 1. The van der Waals surface area contributed by atoms with Crippen molar-refractivity contribution in [1.29, 1.82) is 0 Å². The maximum Gasteiger partial charge on any atom is 0.294 e. The Balaban J connectivity index is 1.76. The van der Waals surface area contributed by atoms with Gasteiger partial charge in [-0.1, -0.05) is 11.6 Å². The lowest BCUT2D eigenvalue weighted by molar-refractivity contribution is -0.127. The fourth-order valence-electron chi connectivity index (χ4n) is 2.88. The van der Waals surface area contributed by atoms with Crippen molar-refractivity contribution >= 4 is 52.2 Å². The van der Waals surface area contributed by atoms with E-state index in [-0.39, 0.29) is 4.91 Å². The number of carbonyl (C=O) groups is 3. The molecule has 32 heavy (non-hydrogen) atoms. The highest BCUT2D eigenvalue weighted by Crippen LogP contribution is 2.39. The molecule has 3 amide bonds. The van der Waals surface area contributed by atoms with Crippen LogP contribution in [-0.4, -0.2) is 41.7 Å². The Morgan fingerprint density at radius 1 is 1.16 bits per heavy atom. The lowest BCUT2D eigenvalue weighted by Gasteiger charge is -2.13. The Bertz CT molecular complexity index is 1070. The quantitative estimate of drug-likeness (QED) is 0.540. The van der Waals surface area contributed by atoms with Gasteiger partial charge in [0.05, 0.1) is 23.1 Å². The molecule has 0 aromatic heterocycles. The zero-order valence-electron chi connectivity index (χ0n) is 17.3. The number of imide groups is 1.